The van der Waals surface area contributed by atoms with Crippen LogP contribution in [0.25, 0.3) is 0 Å². The number of amides is 2. The molecule has 2 saturated heterocycles. The Morgan fingerprint density at radius 2 is 1.84 bits per heavy atom. The fourth-order valence-electron chi connectivity index (χ4n) is 6.78. The van der Waals surface area contributed by atoms with Gasteiger partial charge in [0.2, 0.25) is 11.8 Å². The molecule has 6 atom stereocenters. The van der Waals surface area contributed by atoms with Crippen molar-refractivity contribution in [2.45, 2.75) is 68.2 Å². The first-order chi connectivity index (χ1) is 18.2. The topological polar surface area (TPSA) is 87.2 Å². The van der Waals surface area contributed by atoms with E-state index in [9.17, 15) is 19.5 Å². The third-order valence-corrected chi connectivity index (χ3v) is 10.1. The van der Waals surface area contributed by atoms with Gasteiger partial charge in [0, 0.05) is 17.8 Å². The minimum atomic E-state index is -0.939. The van der Waals surface area contributed by atoms with E-state index in [1.54, 1.807) is 21.6 Å². The summed E-state index contributed by atoms with van der Waals surface area (Å²) in [6.07, 6.45) is 10.2. The molecule has 7 nitrogen and oxygen atoms in total. The fraction of sp³-hybridized carbons (Fsp3) is 0.567. The van der Waals surface area contributed by atoms with Crippen LogP contribution < -0.4 is 0 Å². The number of hydrogen-bond acceptors (Lipinski definition) is 6. The third-order valence-electron chi connectivity index (χ3n) is 8.34. The van der Waals surface area contributed by atoms with Gasteiger partial charge >= 0.3 is 5.97 Å². The van der Waals surface area contributed by atoms with Crippen LogP contribution in [0.5, 0.6) is 0 Å². The predicted octanol–water partition coefficient (Wildman–Crippen LogP) is 3.57. The zero-order chi connectivity index (χ0) is 27.1. The molecule has 38 heavy (non-hydrogen) atoms. The van der Waals surface area contributed by atoms with Gasteiger partial charge in [-0.15, -0.1) is 11.8 Å². The molecule has 1 unspecified atom stereocenters. The summed E-state index contributed by atoms with van der Waals surface area (Å²) in [5.41, 5.74) is 1.01. The van der Waals surface area contributed by atoms with Crippen molar-refractivity contribution >= 4 is 29.5 Å². The average molecular weight is 539 g/mol. The minimum Gasteiger partial charge on any atom is -0.465 e. The second-order valence-corrected chi connectivity index (χ2v) is 13.3. The third kappa shape index (κ3) is 4.49. The fourth-order valence-corrected chi connectivity index (χ4v) is 8.92. The zero-order valence-electron chi connectivity index (χ0n) is 22.4. The number of aliphatic hydroxyl groups is 1. The van der Waals surface area contributed by atoms with E-state index in [1.807, 2.05) is 63.3 Å². The number of hydrogen-bond donors (Lipinski definition) is 1. The van der Waals surface area contributed by atoms with Crippen LogP contribution >= 0.6 is 11.8 Å². The lowest BCUT2D eigenvalue weighted by atomic mass is 9.74. The lowest BCUT2D eigenvalue weighted by molar-refractivity contribution is -0.154. The summed E-state index contributed by atoms with van der Waals surface area (Å²) in [5, 5.41) is 10.5. The van der Waals surface area contributed by atoms with Gasteiger partial charge in [-0.2, -0.15) is 0 Å². The predicted molar refractivity (Wildman–Crippen MR) is 147 cm³/mol. The Morgan fingerprint density at radius 3 is 2.55 bits per heavy atom. The van der Waals surface area contributed by atoms with E-state index in [0.29, 0.717) is 26.1 Å². The van der Waals surface area contributed by atoms with Crippen molar-refractivity contribution in [3.8, 4) is 0 Å². The van der Waals surface area contributed by atoms with Gasteiger partial charge in [0.25, 0.3) is 0 Å². The number of likely N-dealkylation sites (tertiary alicyclic amines) is 1. The van der Waals surface area contributed by atoms with E-state index in [1.165, 1.54) is 0 Å². The quantitative estimate of drug-likeness (QED) is 0.440. The molecule has 0 saturated carbocycles. The lowest BCUT2D eigenvalue weighted by Crippen LogP contribution is -2.56. The molecule has 4 heterocycles. The van der Waals surface area contributed by atoms with E-state index >= 15 is 0 Å². The van der Waals surface area contributed by atoms with Gasteiger partial charge in [0.1, 0.15) is 6.04 Å². The van der Waals surface area contributed by atoms with Crippen molar-refractivity contribution in [3.05, 3.63) is 60.2 Å². The van der Waals surface area contributed by atoms with Crippen LogP contribution in [0.3, 0.4) is 0 Å². The maximum absolute atomic E-state index is 14.5. The average Bonchev–Trinajstić information content (AvgIpc) is 3.24. The second kappa shape index (κ2) is 10.5. The number of fused-ring (bicyclic) bond motifs is 2. The van der Waals surface area contributed by atoms with Gasteiger partial charge in [0.05, 0.1) is 35.8 Å². The Balaban J connectivity index is 1.63. The van der Waals surface area contributed by atoms with Gasteiger partial charge in [0.15, 0.2) is 0 Å². The smallest absolute Gasteiger partial charge is 0.311 e. The molecular formula is C30H38N2O5S. The number of ether oxygens (including phenoxy) is 1. The Kier molecular flexibility index (Phi) is 7.48. The molecular weight excluding hydrogens is 500 g/mol. The number of benzene rings is 1. The molecule has 5 rings (SSSR count). The molecule has 1 aromatic rings. The molecule has 4 aliphatic rings. The molecule has 204 valence electrons. The minimum absolute atomic E-state index is 0.142. The van der Waals surface area contributed by atoms with Crippen molar-refractivity contribution < 1.29 is 24.2 Å². The molecule has 0 bridgehead atoms. The number of esters is 1. The molecule has 1 spiro atoms. The monoisotopic (exact) mass is 538 g/mol. The number of carbonyl (C=O) groups is 3. The highest BCUT2D eigenvalue weighted by molar-refractivity contribution is 8.02. The van der Waals surface area contributed by atoms with Crippen LogP contribution in [0.15, 0.2) is 54.6 Å². The van der Waals surface area contributed by atoms with E-state index in [0.717, 1.165) is 18.4 Å². The van der Waals surface area contributed by atoms with Crippen LogP contribution in [-0.2, 0) is 25.7 Å². The van der Waals surface area contributed by atoms with E-state index in [2.05, 4.69) is 12.2 Å². The molecule has 2 fully saturated rings. The molecule has 8 heteroatoms. The number of nitrogens with zero attached hydrogens (tertiary/aromatic N) is 2. The standard InChI is InChI=1S/C30H38N2O5S/c1-20(2)17-22(19-33)32-25-27(35)31(18-21-11-6-4-7-12-21)15-10-14-30(25)23(26(32)34)24-28(36)37-16-9-5-8-13-29(24,3)38-30/h4,6-8,10-14,20,22-25,33H,5,9,15-19H2,1-3H3/b13-8-/t22-,23+,24-,25?,29+,30+/m1/s1. The van der Waals surface area contributed by atoms with Gasteiger partial charge in [-0.05, 0) is 37.7 Å². The molecule has 0 aliphatic carbocycles. The highest BCUT2D eigenvalue weighted by atomic mass is 32.2. The first-order valence-corrected chi connectivity index (χ1v) is 14.5. The van der Waals surface area contributed by atoms with Crippen LogP contribution in [0.4, 0.5) is 0 Å². The van der Waals surface area contributed by atoms with Crippen molar-refractivity contribution in [3.63, 3.8) is 0 Å². The Labute approximate surface area is 229 Å². The maximum Gasteiger partial charge on any atom is 0.311 e. The summed E-state index contributed by atoms with van der Waals surface area (Å²) in [6.45, 7) is 6.99. The summed E-state index contributed by atoms with van der Waals surface area (Å²) in [5.74, 6) is -2.02. The lowest BCUT2D eigenvalue weighted by Gasteiger charge is -2.40. The van der Waals surface area contributed by atoms with E-state index < -0.39 is 33.4 Å². The normalized spacial score (nSPS) is 34.6. The number of thioether (sulfide) groups is 1. The Hall–Kier alpha value is -2.58. The van der Waals surface area contributed by atoms with Gasteiger partial charge in [-0.3, -0.25) is 14.4 Å². The van der Waals surface area contributed by atoms with Gasteiger partial charge in [-0.1, -0.05) is 68.5 Å². The van der Waals surface area contributed by atoms with E-state index in [4.69, 9.17) is 4.74 Å². The maximum atomic E-state index is 14.5. The SMILES string of the molecule is CC(C)C[C@H](CO)N1C(=O)[C@@H]2[C@@H]3C(=O)OCCC/C=C\[C@]3(C)S[C@@]23C=CCN(Cc2ccccc2)C(=O)C13. The van der Waals surface area contributed by atoms with Crippen molar-refractivity contribution in [1.82, 2.24) is 9.80 Å². The van der Waals surface area contributed by atoms with Crippen LogP contribution in [0.1, 0.15) is 45.6 Å². The van der Waals surface area contributed by atoms with Crippen molar-refractivity contribution in [2.24, 2.45) is 17.8 Å². The molecule has 2 amide bonds. The first-order valence-electron chi connectivity index (χ1n) is 13.7. The second-order valence-electron chi connectivity index (χ2n) is 11.5. The Bertz CT molecular complexity index is 1140. The number of allylic oxidation sites excluding steroid dienone is 1. The van der Waals surface area contributed by atoms with Gasteiger partial charge < -0.3 is 19.6 Å². The molecule has 0 aromatic heterocycles. The summed E-state index contributed by atoms with van der Waals surface area (Å²) in [6, 6.07) is 8.49. The van der Waals surface area contributed by atoms with Crippen LogP contribution in [0.2, 0.25) is 0 Å². The summed E-state index contributed by atoms with van der Waals surface area (Å²) in [4.78, 5) is 45.9. The molecule has 0 radical (unpaired) electrons. The first kappa shape index (κ1) is 27.0. The number of cyclic esters (lactones) is 1. The number of carbonyl (C=O) groups excluding carboxylic acids is 3. The molecule has 1 aromatic carbocycles. The van der Waals surface area contributed by atoms with Crippen molar-refractivity contribution in [2.75, 3.05) is 19.8 Å². The highest BCUT2D eigenvalue weighted by Gasteiger charge is 2.74. The number of aliphatic hydroxyl groups excluding tert-OH is 1. The number of rotatable bonds is 6. The van der Waals surface area contributed by atoms with E-state index in [-0.39, 0.29) is 30.3 Å². The largest absolute Gasteiger partial charge is 0.465 e. The summed E-state index contributed by atoms with van der Waals surface area (Å²) >= 11 is 1.55. The molecule has 1 N–H and O–H groups in total. The summed E-state index contributed by atoms with van der Waals surface area (Å²) < 4.78 is 4.05. The highest BCUT2D eigenvalue weighted by Crippen LogP contribution is 2.65. The molecule has 4 aliphatic heterocycles. The van der Waals surface area contributed by atoms with Crippen LogP contribution in [0, 0.1) is 17.8 Å². The van der Waals surface area contributed by atoms with Crippen LogP contribution in [-0.4, -0.2) is 74.0 Å². The Morgan fingerprint density at radius 1 is 1.08 bits per heavy atom. The van der Waals surface area contributed by atoms with Crippen molar-refractivity contribution in [1.29, 1.82) is 0 Å². The zero-order valence-corrected chi connectivity index (χ0v) is 23.2. The van der Waals surface area contributed by atoms with Gasteiger partial charge in [-0.25, -0.2) is 0 Å². The summed E-state index contributed by atoms with van der Waals surface area (Å²) in [7, 11) is 0.